The molecule has 58 valence electrons. The molecule has 0 aliphatic carbocycles. The van der Waals surface area contributed by atoms with Gasteiger partial charge < -0.3 is 24.9 Å². The van der Waals surface area contributed by atoms with E-state index in [4.69, 9.17) is 5.11 Å². The molecular weight excluding hydrogens is 205 g/mol. The molecule has 0 saturated carbocycles. The Bertz CT molecular complexity index is 164. The largest absolute Gasteiger partial charge is 2.00 e. The van der Waals surface area contributed by atoms with Gasteiger partial charge in [0.25, 0.3) is 0 Å². The van der Waals surface area contributed by atoms with E-state index in [1.54, 1.807) is 0 Å². The van der Waals surface area contributed by atoms with Crippen molar-refractivity contribution in [2.45, 2.75) is 18.9 Å². The topological polar surface area (TPSA) is 100 Å². The van der Waals surface area contributed by atoms with Gasteiger partial charge in [0.05, 0.1) is 5.97 Å². The summed E-state index contributed by atoms with van der Waals surface area (Å²) in [7, 11) is 0. The van der Waals surface area contributed by atoms with Gasteiger partial charge in [-0.1, -0.05) is 0 Å². The quantitative estimate of drug-likeness (QED) is 0.491. The van der Waals surface area contributed by atoms with Gasteiger partial charge in [-0.2, -0.15) is 0 Å². The smallest absolute Gasteiger partial charge is 0.550 e. The second kappa shape index (κ2) is 4.41. The molecular formula is C5H6O5Zn. The first-order valence-electron chi connectivity index (χ1n) is 2.50. The molecule has 5 nitrogen and oxygen atoms in total. The first-order chi connectivity index (χ1) is 4.36. The Kier molecular flexibility index (Phi) is 5.27. The van der Waals surface area contributed by atoms with Crippen LogP contribution in [0.1, 0.15) is 13.3 Å². The van der Waals surface area contributed by atoms with Crippen LogP contribution in [0.5, 0.6) is 0 Å². The van der Waals surface area contributed by atoms with Crippen LogP contribution in [0.3, 0.4) is 0 Å². The number of carbonyl (C=O) groups excluding carboxylic acids is 2. The molecule has 0 aromatic carbocycles. The number of carboxylic acids is 2. The third-order valence-corrected chi connectivity index (χ3v) is 0.928. The van der Waals surface area contributed by atoms with Crippen LogP contribution in [0.15, 0.2) is 0 Å². The minimum absolute atomic E-state index is 0. The molecule has 0 fully saturated rings. The number of hydrogen-bond donors (Lipinski definition) is 1. The summed E-state index contributed by atoms with van der Waals surface area (Å²) in [5.74, 6) is -3.45. The average Bonchev–Trinajstić information content (AvgIpc) is 1.60. The van der Waals surface area contributed by atoms with E-state index in [-0.39, 0.29) is 19.5 Å². The average molecular weight is 211 g/mol. The molecule has 0 aromatic rings. The van der Waals surface area contributed by atoms with Crippen LogP contribution in [0.4, 0.5) is 0 Å². The summed E-state index contributed by atoms with van der Waals surface area (Å²) >= 11 is 0. The number of carboxylic acid groups (broad SMARTS) is 2. The van der Waals surface area contributed by atoms with E-state index in [1.807, 2.05) is 0 Å². The molecule has 1 N–H and O–H groups in total. The van der Waals surface area contributed by atoms with Crippen molar-refractivity contribution in [2.24, 2.45) is 0 Å². The van der Waals surface area contributed by atoms with Crippen molar-refractivity contribution < 1.29 is 44.4 Å². The van der Waals surface area contributed by atoms with Crippen molar-refractivity contribution in [3.63, 3.8) is 0 Å². The first-order valence-corrected chi connectivity index (χ1v) is 2.50. The van der Waals surface area contributed by atoms with Crippen LogP contribution < -0.4 is 10.2 Å². The molecule has 0 aliphatic heterocycles. The van der Waals surface area contributed by atoms with Gasteiger partial charge in [-0.05, 0) is 6.92 Å². The number of aliphatic hydroxyl groups is 1. The van der Waals surface area contributed by atoms with Crippen LogP contribution in [0.25, 0.3) is 0 Å². The molecule has 0 aromatic heterocycles. The minimum atomic E-state index is -2.33. The third kappa shape index (κ3) is 4.87. The summed E-state index contributed by atoms with van der Waals surface area (Å²) in [4.78, 5) is 19.7. The van der Waals surface area contributed by atoms with Gasteiger partial charge in [-0.3, -0.25) is 0 Å². The number of aliphatic carboxylic acids is 2. The number of carbonyl (C=O) groups is 2. The van der Waals surface area contributed by atoms with Crippen LogP contribution in [0, 0.1) is 0 Å². The molecule has 0 spiro atoms. The summed E-state index contributed by atoms with van der Waals surface area (Å²) in [5, 5.41) is 28.3. The summed E-state index contributed by atoms with van der Waals surface area (Å²) in [5.41, 5.74) is -2.33. The van der Waals surface area contributed by atoms with Gasteiger partial charge in [0.1, 0.15) is 5.60 Å². The maximum absolute atomic E-state index is 9.90. The fourth-order valence-electron chi connectivity index (χ4n) is 0.353. The fraction of sp³-hybridized carbons (Fsp3) is 0.600. The zero-order chi connectivity index (χ0) is 8.36. The van der Waals surface area contributed by atoms with Crippen LogP contribution in [-0.2, 0) is 29.1 Å². The SMILES string of the molecule is CC(O)(CC(=O)[O-])C(=O)[O-].[Zn+2]. The van der Waals surface area contributed by atoms with Crippen molar-refractivity contribution in [3.05, 3.63) is 0 Å². The van der Waals surface area contributed by atoms with Gasteiger partial charge in [0.15, 0.2) is 0 Å². The van der Waals surface area contributed by atoms with E-state index in [0.717, 1.165) is 6.92 Å². The molecule has 0 radical (unpaired) electrons. The Morgan fingerprint density at radius 3 is 1.91 bits per heavy atom. The van der Waals surface area contributed by atoms with E-state index in [1.165, 1.54) is 0 Å². The number of hydrogen-bond acceptors (Lipinski definition) is 5. The second-order valence-corrected chi connectivity index (χ2v) is 2.11. The van der Waals surface area contributed by atoms with Crippen molar-refractivity contribution in [2.75, 3.05) is 0 Å². The summed E-state index contributed by atoms with van der Waals surface area (Å²) in [6.07, 6.45) is -0.963. The Hall–Kier alpha value is -0.477. The first kappa shape index (κ1) is 13.1. The molecule has 0 rings (SSSR count). The van der Waals surface area contributed by atoms with Gasteiger partial charge in [-0.25, -0.2) is 0 Å². The van der Waals surface area contributed by atoms with Crippen molar-refractivity contribution in [3.8, 4) is 0 Å². The molecule has 0 amide bonds. The van der Waals surface area contributed by atoms with Crippen molar-refractivity contribution in [1.29, 1.82) is 0 Å². The van der Waals surface area contributed by atoms with Gasteiger partial charge in [-0.15, -0.1) is 0 Å². The maximum atomic E-state index is 9.90. The zero-order valence-electron chi connectivity index (χ0n) is 5.99. The van der Waals surface area contributed by atoms with Crippen molar-refractivity contribution in [1.82, 2.24) is 0 Å². The summed E-state index contributed by atoms with van der Waals surface area (Å²) in [6.45, 7) is 0.831. The minimum Gasteiger partial charge on any atom is -0.550 e. The maximum Gasteiger partial charge on any atom is 2.00 e. The Morgan fingerprint density at radius 1 is 1.45 bits per heavy atom. The predicted octanol–water partition coefficient (Wildman–Crippen LogP) is -3.38. The normalized spacial score (nSPS) is 14.4. The van der Waals surface area contributed by atoms with Crippen LogP contribution in [0.2, 0.25) is 0 Å². The molecule has 0 saturated heterocycles. The summed E-state index contributed by atoms with van der Waals surface area (Å²) < 4.78 is 0. The third-order valence-electron chi connectivity index (χ3n) is 0.928. The Morgan fingerprint density at radius 2 is 1.82 bits per heavy atom. The molecule has 0 aliphatic rings. The van der Waals surface area contributed by atoms with E-state index in [2.05, 4.69) is 0 Å². The monoisotopic (exact) mass is 210 g/mol. The van der Waals surface area contributed by atoms with Gasteiger partial charge in [0.2, 0.25) is 0 Å². The Labute approximate surface area is 75.8 Å². The number of rotatable bonds is 3. The van der Waals surface area contributed by atoms with Crippen LogP contribution in [-0.4, -0.2) is 22.6 Å². The summed E-state index contributed by atoms with van der Waals surface area (Å²) in [6, 6.07) is 0. The molecule has 1 atom stereocenters. The predicted molar refractivity (Wildman–Crippen MR) is 25.3 cm³/mol. The van der Waals surface area contributed by atoms with Gasteiger partial charge in [0, 0.05) is 12.4 Å². The van der Waals surface area contributed by atoms with E-state index >= 15 is 0 Å². The van der Waals surface area contributed by atoms with E-state index in [9.17, 15) is 19.8 Å². The molecule has 0 heterocycles. The second-order valence-electron chi connectivity index (χ2n) is 2.11. The van der Waals surface area contributed by atoms with Crippen LogP contribution >= 0.6 is 0 Å². The zero-order valence-corrected chi connectivity index (χ0v) is 8.96. The Balaban J connectivity index is 0. The molecule has 1 unspecified atom stereocenters. The van der Waals surface area contributed by atoms with E-state index in [0.29, 0.717) is 0 Å². The molecule has 11 heavy (non-hydrogen) atoms. The van der Waals surface area contributed by atoms with Gasteiger partial charge >= 0.3 is 19.5 Å². The van der Waals surface area contributed by atoms with Crippen molar-refractivity contribution >= 4 is 11.9 Å². The van der Waals surface area contributed by atoms with E-state index < -0.39 is 24.0 Å². The standard InChI is InChI=1S/C5H8O5.Zn/c1-5(10,4(8)9)2-3(6)7;/h10H,2H2,1H3,(H,6,7)(H,8,9);/q;+2/p-2. The fourth-order valence-corrected chi connectivity index (χ4v) is 0.353. The molecule has 0 bridgehead atoms. The molecule has 6 heteroatoms.